The molecular weight excluding hydrogens is 200 g/mol. The average Bonchev–Trinajstić information content (AvgIpc) is 2.15. The minimum absolute atomic E-state index is 0.833. The second kappa shape index (κ2) is 8.59. The third-order valence-electron chi connectivity index (χ3n) is 1.19. The maximum absolute atomic E-state index is 9.00. The zero-order valence-corrected chi connectivity index (χ0v) is 9.08. The standard InChI is InChI=1S/C8H10OS.C2H4O2/c1-9-10-7-8-5-3-2-4-6-8;1-2(3)4/h2-6H,7H2,1H3;1H3,(H,3,4). The van der Waals surface area contributed by atoms with Crippen LogP contribution in [0.5, 0.6) is 0 Å². The summed E-state index contributed by atoms with van der Waals surface area (Å²) in [6.07, 6.45) is 0. The average molecular weight is 214 g/mol. The summed E-state index contributed by atoms with van der Waals surface area (Å²) in [4.78, 5) is 9.00. The normalized spacial score (nSPS) is 8.71. The topological polar surface area (TPSA) is 46.5 Å². The van der Waals surface area contributed by atoms with Crippen molar-refractivity contribution in [3.8, 4) is 0 Å². The van der Waals surface area contributed by atoms with Crippen LogP contribution in [0.15, 0.2) is 30.3 Å². The quantitative estimate of drug-likeness (QED) is 0.785. The van der Waals surface area contributed by atoms with Crippen LogP contribution in [0.25, 0.3) is 0 Å². The molecule has 1 aromatic rings. The smallest absolute Gasteiger partial charge is 0.300 e. The maximum atomic E-state index is 9.00. The fourth-order valence-electron chi connectivity index (χ4n) is 0.701. The monoisotopic (exact) mass is 214 g/mol. The highest BCUT2D eigenvalue weighted by Crippen LogP contribution is 2.10. The van der Waals surface area contributed by atoms with Crippen molar-refractivity contribution < 1.29 is 14.1 Å². The van der Waals surface area contributed by atoms with Gasteiger partial charge in [-0.1, -0.05) is 30.3 Å². The van der Waals surface area contributed by atoms with Crippen LogP contribution in [0.2, 0.25) is 0 Å². The van der Waals surface area contributed by atoms with Gasteiger partial charge in [-0.2, -0.15) is 0 Å². The van der Waals surface area contributed by atoms with E-state index in [1.807, 2.05) is 18.2 Å². The van der Waals surface area contributed by atoms with Crippen molar-refractivity contribution in [1.29, 1.82) is 0 Å². The molecule has 0 fully saturated rings. The molecule has 0 aliphatic heterocycles. The number of benzene rings is 1. The second-order valence-corrected chi connectivity index (χ2v) is 3.29. The van der Waals surface area contributed by atoms with Crippen molar-refractivity contribution in [3.63, 3.8) is 0 Å². The number of rotatable bonds is 3. The van der Waals surface area contributed by atoms with Gasteiger partial charge in [-0.25, -0.2) is 0 Å². The minimum atomic E-state index is -0.833. The van der Waals surface area contributed by atoms with E-state index in [4.69, 9.17) is 14.1 Å². The van der Waals surface area contributed by atoms with Crippen molar-refractivity contribution in [2.24, 2.45) is 0 Å². The highest BCUT2D eigenvalue weighted by Gasteiger charge is 1.88. The molecular formula is C10H14O3S. The Kier molecular flexibility index (Phi) is 7.98. The molecule has 1 N–H and O–H groups in total. The SMILES string of the molecule is CC(=O)O.COSCc1ccccc1. The van der Waals surface area contributed by atoms with Crippen LogP contribution in [0.3, 0.4) is 0 Å². The Morgan fingerprint density at radius 2 is 1.93 bits per heavy atom. The van der Waals surface area contributed by atoms with Gasteiger partial charge >= 0.3 is 0 Å². The summed E-state index contributed by atoms with van der Waals surface area (Å²) in [5.41, 5.74) is 1.30. The third kappa shape index (κ3) is 9.09. The first-order valence-electron chi connectivity index (χ1n) is 4.06. The Morgan fingerprint density at radius 3 is 2.36 bits per heavy atom. The molecule has 0 aromatic heterocycles. The molecule has 0 saturated heterocycles. The Labute approximate surface area is 88.3 Å². The Balaban J connectivity index is 0.000000364. The lowest BCUT2D eigenvalue weighted by molar-refractivity contribution is -0.134. The lowest BCUT2D eigenvalue weighted by Gasteiger charge is -1.96. The molecule has 0 bridgehead atoms. The van der Waals surface area contributed by atoms with Gasteiger partial charge < -0.3 is 9.29 Å². The van der Waals surface area contributed by atoms with Crippen LogP contribution < -0.4 is 0 Å². The number of hydrogen-bond acceptors (Lipinski definition) is 3. The number of carboxylic acids is 1. The van der Waals surface area contributed by atoms with Crippen LogP contribution in [-0.4, -0.2) is 18.2 Å². The molecule has 0 heterocycles. The molecule has 0 saturated carbocycles. The van der Waals surface area contributed by atoms with E-state index in [1.54, 1.807) is 7.11 Å². The zero-order valence-electron chi connectivity index (χ0n) is 8.27. The summed E-state index contributed by atoms with van der Waals surface area (Å²) in [7, 11) is 1.69. The molecule has 78 valence electrons. The zero-order chi connectivity index (χ0) is 10.8. The largest absolute Gasteiger partial charge is 0.481 e. The van der Waals surface area contributed by atoms with Crippen molar-refractivity contribution in [3.05, 3.63) is 35.9 Å². The third-order valence-corrected chi connectivity index (χ3v) is 1.87. The van der Waals surface area contributed by atoms with Gasteiger partial charge in [0.05, 0.1) is 7.11 Å². The Hall–Kier alpha value is -1.00. The van der Waals surface area contributed by atoms with E-state index in [1.165, 1.54) is 17.6 Å². The van der Waals surface area contributed by atoms with Gasteiger partial charge in [0.1, 0.15) is 0 Å². The maximum Gasteiger partial charge on any atom is 0.300 e. The predicted octanol–water partition coefficient (Wildman–Crippen LogP) is 2.57. The van der Waals surface area contributed by atoms with Gasteiger partial charge in [0, 0.05) is 12.7 Å². The number of carboxylic acid groups (broad SMARTS) is 1. The number of aliphatic carboxylic acids is 1. The summed E-state index contributed by atoms with van der Waals surface area (Å²) >= 11 is 1.46. The molecule has 0 aliphatic carbocycles. The minimum Gasteiger partial charge on any atom is -0.481 e. The first kappa shape index (κ1) is 13.0. The second-order valence-electron chi connectivity index (χ2n) is 2.43. The van der Waals surface area contributed by atoms with Crippen LogP contribution in [0.1, 0.15) is 12.5 Å². The number of carbonyl (C=O) groups is 1. The molecule has 0 unspecified atom stereocenters. The molecule has 0 spiro atoms. The van der Waals surface area contributed by atoms with E-state index < -0.39 is 5.97 Å². The van der Waals surface area contributed by atoms with Crippen LogP contribution in [-0.2, 0) is 14.7 Å². The van der Waals surface area contributed by atoms with Gasteiger partial charge in [-0.15, -0.1) is 0 Å². The van der Waals surface area contributed by atoms with Gasteiger partial charge in [0.15, 0.2) is 0 Å². The highest BCUT2D eigenvalue weighted by molar-refractivity contribution is 7.93. The van der Waals surface area contributed by atoms with E-state index in [9.17, 15) is 0 Å². The summed E-state index contributed by atoms with van der Waals surface area (Å²) in [6.45, 7) is 1.08. The lowest BCUT2D eigenvalue weighted by Crippen LogP contribution is -1.78. The van der Waals surface area contributed by atoms with E-state index in [2.05, 4.69) is 12.1 Å². The Bertz CT molecular complexity index is 245. The van der Waals surface area contributed by atoms with Gasteiger partial charge in [0.25, 0.3) is 5.97 Å². The van der Waals surface area contributed by atoms with Gasteiger partial charge in [-0.05, 0) is 17.6 Å². The predicted molar refractivity (Wildman–Crippen MR) is 58.1 cm³/mol. The van der Waals surface area contributed by atoms with Crippen molar-refractivity contribution in [1.82, 2.24) is 0 Å². The lowest BCUT2D eigenvalue weighted by atomic mass is 10.2. The Morgan fingerprint density at radius 1 is 1.43 bits per heavy atom. The molecule has 1 rings (SSSR count). The van der Waals surface area contributed by atoms with E-state index in [-0.39, 0.29) is 0 Å². The highest BCUT2D eigenvalue weighted by atomic mass is 32.2. The molecule has 0 amide bonds. The van der Waals surface area contributed by atoms with Crippen LogP contribution in [0, 0.1) is 0 Å². The van der Waals surface area contributed by atoms with Crippen LogP contribution >= 0.6 is 12.0 Å². The summed E-state index contributed by atoms with van der Waals surface area (Å²) in [5.74, 6) is 0.0946. The summed E-state index contributed by atoms with van der Waals surface area (Å²) in [5, 5.41) is 7.42. The molecule has 0 aliphatic rings. The summed E-state index contributed by atoms with van der Waals surface area (Å²) < 4.78 is 4.86. The fourth-order valence-corrected chi connectivity index (χ4v) is 1.15. The molecule has 14 heavy (non-hydrogen) atoms. The number of hydrogen-bond donors (Lipinski definition) is 1. The van der Waals surface area contributed by atoms with Crippen molar-refractivity contribution in [2.75, 3.05) is 7.11 Å². The fraction of sp³-hybridized carbons (Fsp3) is 0.300. The van der Waals surface area contributed by atoms with Crippen molar-refractivity contribution >= 4 is 18.0 Å². The first-order valence-corrected chi connectivity index (χ1v) is 4.97. The molecule has 4 heteroatoms. The van der Waals surface area contributed by atoms with E-state index in [0.29, 0.717) is 0 Å². The van der Waals surface area contributed by atoms with E-state index in [0.717, 1.165) is 12.7 Å². The molecule has 0 radical (unpaired) electrons. The summed E-state index contributed by atoms with van der Waals surface area (Å²) in [6, 6.07) is 10.3. The van der Waals surface area contributed by atoms with Gasteiger partial charge in [0.2, 0.25) is 0 Å². The molecule has 3 nitrogen and oxygen atoms in total. The van der Waals surface area contributed by atoms with Gasteiger partial charge in [-0.3, -0.25) is 4.79 Å². The van der Waals surface area contributed by atoms with Crippen molar-refractivity contribution in [2.45, 2.75) is 12.7 Å². The molecule has 1 aromatic carbocycles. The van der Waals surface area contributed by atoms with Crippen LogP contribution in [0.4, 0.5) is 0 Å². The van der Waals surface area contributed by atoms with E-state index >= 15 is 0 Å². The first-order chi connectivity index (χ1) is 6.66. The molecule has 0 atom stereocenters.